The molecule has 0 aromatic carbocycles. The standard InChI is InChI=1S/C7H17NO2/c1-6(2)8(7(3)4)10-5-9/h6-7,9H,5H2,1-4H3. The zero-order valence-corrected chi connectivity index (χ0v) is 7.16. The lowest BCUT2D eigenvalue weighted by molar-refractivity contribution is -0.241. The lowest BCUT2D eigenvalue weighted by atomic mass is 10.3. The summed E-state index contributed by atoms with van der Waals surface area (Å²) in [5.74, 6) is 0. The fourth-order valence-electron chi connectivity index (χ4n) is 0.961. The van der Waals surface area contributed by atoms with Crippen molar-refractivity contribution >= 4 is 0 Å². The highest BCUT2D eigenvalue weighted by atomic mass is 16.7. The maximum absolute atomic E-state index is 8.47. The molecule has 3 heteroatoms. The molecule has 0 aliphatic rings. The molecular formula is C7H17NO2. The Kier molecular flexibility index (Phi) is 4.60. The Balaban J connectivity index is 3.73. The zero-order chi connectivity index (χ0) is 8.15. The Bertz CT molecular complexity index is 75.7. The molecule has 0 fully saturated rings. The van der Waals surface area contributed by atoms with Crippen LogP contribution in [0, 0.1) is 0 Å². The van der Waals surface area contributed by atoms with E-state index in [1.165, 1.54) is 0 Å². The van der Waals surface area contributed by atoms with Crippen LogP contribution in [0.15, 0.2) is 0 Å². The number of hydrogen-bond acceptors (Lipinski definition) is 3. The van der Waals surface area contributed by atoms with Crippen LogP contribution in [-0.4, -0.2) is 29.0 Å². The number of nitrogens with zero attached hydrogens (tertiary/aromatic N) is 1. The van der Waals surface area contributed by atoms with Crippen LogP contribution in [0.25, 0.3) is 0 Å². The predicted octanol–water partition coefficient (Wildman–Crippen LogP) is 0.987. The first-order chi connectivity index (χ1) is 4.59. The molecule has 0 heterocycles. The van der Waals surface area contributed by atoms with Crippen molar-refractivity contribution in [1.82, 2.24) is 5.06 Å². The van der Waals surface area contributed by atoms with Gasteiger partial charge in [0.05, 0.1) is 0 Å². The molecule has 0 saturated carbocycles. The third kappa shape index (κ3) is 3.15. The van der Waals surface area contributed by atoms with Crippen LogP contribution in [0.2, 0.25) is 0 Å². The van der Waals surface area contributed by atoms with E-state index in [-0.39, 0.29) is 6.79 Å². The van der Waals surface area contributed by atoms with Crippen LogP contribution in [0.1, 0.15) is 27.7 Å². The fourth-order valence-corrected chi connectivity index (χ4v) is 0.961. The summed E-state index contributed by atoms with van der Waals surface area (Å²) in [5, 5.41) is 10.2. The van der Waals surface area contributed by atoms with E-state index in [1.54, 1.807) is 5.06 Å². The minimum atomic E-state index is -0.240. The molecule has 0 aliphatic heterocycles. The first kappa shape index (κ1) is 9.88. The molecule has 0 rings (SSSR count). The summed E-state index contributed by atoms with van der Waals surface area (Å²) in [4.78, 5) is 4.95. The molecule has 1 N–H and O–H groups in total. The van der Waals surface area contributed by atoms with Crippen LogP contribution >= 0.6 is 0 Å². The van der Waals surface area contributed by atoms with Gasteiger partial charge in [-0.1, -0.05) is 0 Å². The van der Waals surface area contributed by atoms with Crippen molar-refractivity contribution in [2.24, 2.45) is 0 Å². The Hall–Kier alpha value is -0.120. The summed E-state index contributed by atoms with van der Waals surface area (Å²) in [6.45, 7) is 7.85. The highest BCUT2D eigenvalue weighted by Crippen LogP contribution is 2.04. The molecule has 0 radical (unpaired) electrons. The van der Waals surface area contributed by atoms with E-state index in [1.807, 2.05) is 27.7 Å². The molecule has 0 atom stereocenters. The lowest BCUT2D eigenvalue weighted by Gasteiger charge is -2.27. The van der Waals surface area contributed by atoms with E-state index in [2.05, 4.69) is 0 Å². The third-order valence-electron chi connectivity index (χ3n) is 1.22. The van der Waals surface area contributed by atoms with E-state index in [4.69, 9.17) is 9.94 Å². The summed E-state index contributed by atoms with van der Waals surface area (Å²) >= 11 is 0. The van der Waals surface area contributed by atoms with Gasteiger partial charge in [0.2, 0.25) is 0 Å². The Morgan fingerprint density at radius 2 is 1.60 bits per heavy atom. The maximum Gasteiger partial charge on any atom is 0.164 e. The van der Waals surface area contributed by atoms with Gasteiger partial charge in [0.1, 0.15) is 0 Å². The Morgan fingerprint density at radius 1 is 1.20 bits per heavy atom. The number of rotatable bonds is 4. The number of aliphatic hydroxyl groups excluding tert-OH is 1. The SMILES string of the molecule is CC(C)N(OCO)C(C)C. The largest absolute Gasteiger partial charge is 0.369 e. The van der Waals surface area contributed by atoms with Crippen molar-refractivity contribution in [2.45, 2.75) is 39.8 Å². The Morgan fingerprint density at radius 3 is 1.70 bits per heavy atom. The van der Waals surface area contributed by atoms with Crippen molar-refractivity contribution < 1.29 is 9.94 Å². The molecule has 0 unspecified atom stereocenters. The summed E-state index contributed by atoms with van der Waals surface area (Å²) in [7, 11) is 0. The molecule has 0 saturated heterocycles. The molecule has 10 heavy (non-hydrogen) atoms. The predicted molar refractivity (Wildman–Crippen MR) is 40.3 cm³/mol. The molecular weight excluding hydrogens is 130 g/mol. The average molecular weight is 147 g/mol. The number of aliphatic hydroxyl groups is 1. The first-order valence-corrected chi connectivity index (χ1v) is 3.61. The molecule has 0 amide bonds. The van der Waals surface area contributed by atoms with E-state index in [9.17, 15) is 0 Å². The minimum absolute atomic E-state index is 0.240. The maximum atomic E-state index is 8.47. The monoisotopic (exact) mass is 147 g/mol. The second-order valence-corrected chi connectivity index (χ2v) is 2.81. The van der Waals surface area contributed by atoms with Crippen molar-refractivity contribution in [3.05, 3.63) is 0 Å². The van der Waals surface area contributed by atoms with Gasteiger partial charge >= 0.3 is 0 Å². The van der Waals surface area contributed by atoms with Crippen LogP contribution in [0.4, 0.5) is 0 Å². The van der Waals surface area contributed by atoms with Crippen molar-refractivity contribution in [1.29, 1.82) is 0 Å². The van der Waals surface area contributed by atoms with E-state index in [0.29, 0.717) is 12.1 Å². The second kappa shape index (κ2) is 4.66. The van der Waals surface area contributed by atoms with Gasteiger partial charge in [0.25, 0.3) is 0 Å². The number of hydroxylamine groups is 2. The van der Waals surface area contributed by atoms with Gasteiger partial charge in [-0.15, -0.1) is 0 Å². The zero-order valence-electron chi connectivity index (χ0n) is 7.16. The van der Waals surface area contributed by atoms with Gasteiger partial charge in [0, 0.05) is 12.1 Å². The van der Waals surface area contributed by atoms with Gasteiger partial charge in [-0.25, -0.2) is 0 Å². The van der Waals surface area contributed by atoms with Gasteiger partial charge in [-0.05, 0) is 27.7 Å². The normalized spacial score (nSPS) is 12.0. The van der Waals surface area contributed by atoms with Crippen LogP contribution in [-0.2, 0) is 4.84 Å². The summed E-state index contributed by atoms with van der Waals surface area (Å²) in [6.07, 6.45) is 0. The molecule has 0 aromatic heterocycles. The van der Waals surface area contributed by atoms with Crippen molar-refractivity contribution in [3.63, 3.8) is 0 Å². The van der Waals surface area contributed by atoms with Gasteiger partial charge < -0.3 is 5.11 Å². The number of hydrogen-bond donors (Lipinski definition) is 1. The van der Waals surface area contributed by atoms with Crippen LogP contribution in [0.5, 0.6) is 0 Å². The highest BCUT2D eigenvalue weighted by Gasteiger charge is 2.12. The summed E-state index contributed by atoms with van der Waals surface area (Å²) in [5.41, 5.74) is 0. The first-order valence-electron chi connectivity index (χ1n) is 3.61. The van der Waals surface area contributed by atoms with Crippen LogP contribution in [0.3, 0.4) is 0 Å². The topological polar surface area (TPSA) is 32.7 Å². The summed E-state index contributed by atoms with van der Waals surface area (Å²) < 4.78 is 0. The molecule has 0 spiro atoms. The molecule has 0 bridgehead atoms. The quantitative estimate of drug-likeness (QED) is 0.475. The molecule has 0 aromatic rings. The smallest absolute Gasteiger partial charge is 0.164 e. The molecule has 0 aliphatic carbocycles. The fraction of sp³-hybridized carbons (Fsp3) is 1.00. The van der Waals surface area contributed by atoms with Gasteiger partial charge in [-0.3, -0.25) is 4.84 Å². The minimum Gasteiger partial charge on any atom is -0.369 e. The van der Waals surface area contributed by atoms with Gasteiger partial charge in [0.15, 0.2) is 6.79 Å². The van der Waals surface area contributed by atoms with Gasteiger partial charge in [-0.2, -0.15) is 5.06 Å². The third-order valence-corrected chi connectivity index (χ3v) is 1.22. The second-order valence-electron chi connectivity index (χ2n) is 2.81. The van der Waals surface area contributed by atoms with Crippen molar-refractivity contribution in [2.75, 3.05) is 6.79 Å². The Labute approximate surface area is 62.6 Å². The molecule has 3 nitrogen and oxygen atoms in total. The van der Waals surface area contributed by atoms with E-state index >= 15 is 0 Å². The summed E-state index contributed by atoms with van der Waals surface area (Å²) in [6, 6.07) is 0.624. The lowest BCUT2D eigenvalue weighted by Crippen LogP contribution is -2.37. The van der Waals surface area contributed by atoms with E-state index in [0.717, 1.165) is 0 Å². The van der Waals surface area contributed by atoms with Crippen LogP contribution < -0.4 is 0 Å². The average Bonchev–Trinajstić information content (AvgIpc) is 1.81. The molecule has 62 valence electrons. The van der Waals surface area contributed by atoms with Crippen molar-refractivity contribution in [3.8, 4) is 0 Å². The van der Waals surface area contributed by atoms with E-state index < -0.39 is 0 Å². The highest BCUT2D eigenvalue weighted by molar-refractivity contribution is 4.56.